The molecule has 1 atom stereocenters. The van der Waals surface area contributed by atoms with Gasteiger partial charge in [0.25, 0.3) is 0 Å². The Kier molecular flexibility index (Phi) is 6.83. The highest BCUT2D eigenvalue weighted by Crippen LogP contribution is 2.20. The Morgan fingerprint density at radius 2 is 2.00 bits per heavy atom. The monoisotopic (exact) mass is 238 g/mol. The van der Waals surface area contributed by atoms with Crippen molar-refractivity contribution >= 4 is 0 Å². The van der Waals surface area contributed by atoms with Gasteiger partial charge in [-0.25, -0.2) is 0 Å². The van der Waals surface area contributed by atoms with Gasteiger partial charge >= 0.3 is 0 Å². The van der Waals surface area contributed by atoms with Gasteiger partial charge in [0.1, 0.15) is 0 Å². The van der Waals surface area contributed by atoms with E-state index in [-0.39, 0.29) is 0 Å². The van der Waals surface area contributed by atoms with Crippen molar-refractivity contribution in [2.45, 2.75) is 53.0 Å². The predicted octanol–water partition coefficient (Wildman–Crippen LogP) is 3.05. The van der Waals surface area contributed by atoms with E-state index in [4.69, 9.17) is 0 Å². The minimum atomic E-state index is 0.661. The molecular formula is C15H30N2. The van der Waals surface area contributed by atoms with E-state index in [2.05, 4.69) is 44.0 Å². The number of allylic oxidation sites excluding steroid dienone is 1. The SMILES string of the molecule is CCCN1CCC(C(C)NCC=C(C)C)CC1. The number of piperidine rings is 1. The third-order valence-corrected chi connectivity index (χ3v) is 3.83. The molecule has 2 heteroatoms. The fraction of sp³-hybridized carbons (Fsp3) is 0.867. The largest absolute Gasteiger partial charge is 0.311 e. The predicted molar refractivity (Wildman–Crippen MR) is 76.4 cm³/mol. The minimum absolute atomic E-state index is 0.661. The van der Waals surface area contributed by atoms with E-state index in [1.165, 1.54) is 44.5 Å². The molecule has 0 aromatic rings. The van der Waals surface area contributed by atoms with Gasteiger partial charge in [0.05, 0.1) is 0 Å². The molecule has 0 spiro atoms. The zero-order valence-electron chi connectivity index (χ0n) is 12.1. The highest BCUT2D eigenvalue weighted by Gasteiger charge is 2.22. The first-order valence-electron chi connectivity index (χ1n) is 7.22. The molecule has 1 saturated heterocycles. The second-order valence-electron chi connectivity index (χ2n) is 5.66. The van der Waals surface area contributed by atoms with Gasteiger partial charge in [-0.1, -0.05) is 18.6 Å². The van der Waals surface area contributed by atoms with Crippen LogP contribution in [0.5, 0.6) is 0 Å². The lowest BCUT2D eigenvalue weighted by molar-refractivity contribution is 0.164. The summed E-state index contributed by atoms with van der Waals surface area (Å²) in [5.41, 5.74) is 1.41. The summed E-state index contributed by atoms with van der Waals surface area (Å²) >= 11 is 0. The van der Waals surface area contributed by atoms with Gasteiger partial charge in [-0.15, -0.1) is 0 Å². The number of nitrogens with one attached hydrogen (secondary N) is 1. The summed E-state index contributed by atoms with van der Waals surface area (Å²) in [4.78, 5) is 2.61. The molecule has 1 rings (SSSR count). The number of hydrogen-bond acceptors (Lipinski definition) is 2. The molecule has 0 saturated carbocycles. The van der Waals surface area contributed by atoms with Gasteiger partial charge < -0.3 is 10.2 Å². The van der Waals surface area contributed by atoms with Gasteiger partial charge in [0.2, 0.25) is 0 Å². The third kappa shape index (κ3) is 5.69. The van der Waals surface area contributed by atoms with Crippen LogP contribution < -0.4 is 5.32 Å². The number of hydrogen-bond donors (Lipinski definition) is 1. The topological polar surface area (TPSA) is 15.3 Å². The van der Waals surface area contributed by atoms with Gasteiger partial charge in [-0.05, 0) is 65.6 Å². The maximum Gasteiger partial charge on any atom is 0.0139 e. The van der Waals surface area contributed by atoms with Crippen LogP contribution in [0.1, 0.15) is 47.0 Å². The zero-order valence-corrected chi connectivity index (χ0v) is 12.1. The van der Waals surface area contributed by atoms with Crippen LogP contribution in [0.15, 0.2) is 11.6 Å². The minimum Gasteiger partial charge on any atom is -0.311 e. The van der Waals surface area contributed by atoms with Crippen molar-refractivity contribution < 1.29 is 0 Å². The summed E-state index contributed by atoms with van der Waals surface area (Å²) in [6, 6.07) is 0.661. The Bertz CT molecular complexity index is 223. The Hall–Kier alpha value is -0.340. The molecule has 0 aromatic heterocycles. The highest BCUT2D eigenvalue weighted by molar-refractivity contribution is 4.95. The normalized spacial score (nSPS) is 20.2. The molecule has 2 nitrogen and oxygen atoms in total. The van der Waals surface area contributed by atoms with Gasteiger partial charge in [0.15, 0.2) is 0 Å². The molecule has 1 unspecified atom stereocenters. The van der Waals surface area contributed by atoms with Crippen molar-refractivity contribution in [2.75, 3.05) is 26.2 Å². The molecule has 0 radical (unpaired) electrons. The van der Waals surface area contributed by atoms with Gasteiger partial charge in [-0.2, -0.15) is 0 Å². The van der Waals surface area contributed by atoms with Crippen LogP contribution >= 0.6 is 0 Å². The molecular weight excluding hydrogens is 208 g/mol. The van der Waals surface area contributed by atoms with Gasteiger partial charge in [-0.3, -0.25) is 0 Å². The lowest BCUT2D eigenvalue weighted by Crippen LogP contribution is -2.42. The first-order chi connectivity index (χ1) is 8.13. The fourth-order valence-corrected chi connectivity index (χ4v) is 2.61. The quantitative estimate of drug-likeness (QED) is 0.716. The first kappa shape index (κ1) is 14.7. The fourth-order valence-electron chi connectivity index (χ4n) is 2.61. The van der Waals surface area contributed by atoms with Crippen molar-refractivity contribution in [3.8, 4) is 0 Å². The first-order valence-corrected chi connectivity index (χ1v) is 7.22. The van der Waals surface area contributed by atoms with E-state index in [0.29, 0.717) is 6.04 Å². The van der Waals surface area contributed by atoms with Crippen molar-refractivity contribution in [3.05, 3.63) is 11.6 Å². The van der Waals surface area contributed by atoms with Crippen LogP contribution in [-0.4, -0.2) is 37.1 Å². The maximum absolute atomic E-state index is 3.64. The molecule has 1 aliphatic rings. The molecule has 1 N–H and O–H groups in total. The summed E-state index contributed by atoms with van der Waals surface area (Å²) in [5, 5.41) is 3.64. The van der Waals surface area contributed by atoms with Gasteiger partial charge in [0, 0.05) is 12.6 Å². The Morgan fingerprint density at radius 3 is 2.53 bits per heavy atom. The number of rotatable bonds is 6. The van der Waals surface area contributed by atoms with E-state index in [1.807, 2.05) is 0 Å². The van der Waals surface area contributed by atoms with Crippen molar-refractivity contribution in [1.29, 1.82) is 0 Å². The summed E-state index contributed by atoms with van der Waals surface area (Å²) in [6.07, 6.45) is 6.30. The highest BCUT2D eigenvalue weighted by atomic mass is 15.1. The Morgan fingerprint density at radius 1 is 1.35 bits per heavy atom. The van der Waals surface area contributed by atoms with Crippen molar-refractivity contribution in [2.24, 2.45) is 5.92 Å². The lowest BCUT2D eigenvalue weighted by Gasteiger charge is -2.35. The average molecular weight is 238 g/mol. The molecule has 0 aromatic carbocycles. The molecule has 1 heterocycles. The molecule has 100 valence electrons. The van der Waals surface area contributed by atoms with E-state index < -0.39 is 0 Å². The molecule has 1 aliphatic heterocycles. The maximum atomic E-state index is 3.64. The summed E-state index contributed by atoms with van der Waals surface area (Å²) in [5.74, 6) is 0.869. The Balaban J connectivity index is 2.21. The zero-order chi connectivity index (χ0) is 12.7. The van der Waals surface area contributed by atoms with E-state index >= 15 is 0 Å². The van der Waals surface area contributed by atoms with Crippen LogP contribution in [0.3, 0.4) is 0 Å². The van der Waals surface area contributed by atoms with E-state index in [1.54, 1.807) is 0 Å². The van der Waals surface area contributed by atoms with Crippen LogP contribution in [0, 0.1) is 5.92 Å². The number of nitrogens with zero attached hydrogens (tertiary/aromatic N) is 1. The second kappa shape index (κ2) is 7.88. The average Bonchev–Trinajstić information content (AvgIpc) is 2.30. The molecule has 0 aliphatic carbocycles. The third-order valence-electron chi connectivity index (χ3n) is 3.83. The van der Waals surface area contributed by atoms with Crippen LogP contribution in [0.4, 0.5) is 0 Å². The van der Waals surface area contributed by atoms with Crippen LogP contribution in [0.25, 0.3) is 0 Å². The summed E-state index contributed by atoms with van der Waals surface area (Å²) in [6.45, 7) is 13.9. The standard InChI is InChI=1S/C15H30N2/c1-5-10-17-11-7-15(8-12-17)14(4)16-9-6-13(2)3/h6,14-16H,5,7-12H2,1-4H3. The summed E-state index contributed by atoms with van der Waals surface area (Å²) in [7, 11) is 0. The van der Waals surface area contributed by atoms with Crippen molar-refractivity contribution in [1.82, 2.24) is 10.2 Å². The lowest BCUT2D eigenvalue weighted by atomic mass is 9.90. The smallest absolute Gasteiger partial charge is 0.0139 e. The van der Waals surface area contributed by atoms with Crippen LogP contribution in [0.2, 0.25) is 0 Å². The molecule has 0 bridgehead atoms. The van der Waals surface area contributed by atoms with Crippen molar-refractivity contribution in [3.63, 3.8) is 0 Å². The Labute approximate surface area is 107 Å². The van der Waals surface area contributed by atoms with Crippen LogP contribution in [-0.2, 0) is 0 Å². The molecule has 0 amide bonds. The summed E-state index contributed by atoms with van der Waals surface area (Å²) < 4.78 is 0. The second-order valence-corrected chi connectivity index (χ2v) is 5.66. The van der Waals surface area contributed by atoms with E-state index in [0.717, 1.165) is 12.5 Å². The molecule has 1 fully saturated rings. The van der Waals surface area contributed by atoms with E-state index in [9.17, 15) is 0 Å². The molecule has 17 heavy (non-hydrogen) atoms. The number of likely N-dealkylation sites (tertiary alicyclic amines) is 1.